The van der Waals surface area contributed by atoms with Gasteiger partial charge in [0.2, 0.25) is 0 Å². The van der Waals surface area contributed by atoms with Crippen LogP contribution in [0, 0.1) is 19.8 Å². The van der Waals surface area contributed by atoms with Crippen LogP contribution in [0.5, 0.6) is 0 Å². The van der Waals surface area contributed by atoms with Crippen molar-refractivity contribution in [3.63, 3.8) is 0 Å². The van der Waals surface area contributed by atoms with Gasteiger partial charge in [-0.3, -0.25) is 0 Å². The SMILES string of the molecule is C/C=C\C(=C/C(C)C)C1(c2ccccc2)c2cc(C)cc3c2-c2c(cc(C)c4cccc1c24)C3(c1ccccc1)c1ccccc1.CC(C)(C)c1ccc(Cc2ccc(C(C)(C)C)cc2)cc1. The molecule has 0 fully saturated rings. The van der Waals surface area contributed by atoms with Crippen LogP contribution in [0.4, 0.5) is 0 Å². The molecular weight excluding hydrogens is 805 g/mol. The summed E-state index contributed by atoms with van der Waals surface area (Å²) >= 11 is 0. The zero-order chi connectivity index (χ0) is 47.3. The van der Waals surface area contributed by atoms with Crippen LogP contribution in [-0.2, 0) is 28.1 Å². The lowest BCUT2D eigenvalue weighted by atomic mass is 9.58. The molecule has 0 radical (unpaired) electrons. The normalized spacial score (nSPS) is 16.1. The summed E-state index contributed by atoms with van der Waals surface area (Å²) in [5.41, 5.74) is 21.3. The number of aryl methyl sites for hydroxylation is 2. The molecule has 2 aliphatic rings. The molecule has 67 heavy (non-hydrogen) atoms. The zero-order valence-corrected chi connectivity index (χ0v) is 41.8. The molecule has 0 saturated heterocycles. The minimum absolute atomic E-state index is 0.229. The van der Waals surface area contributed by atoms with Gasteiger partial charge >= 0.3 is 0 Å². The van der Waals surface area contributed by atoms with E-state index in [1.54, 1.807) is 0 Å². The lowest BCUT2D eigenvalue weighted by Crippen LogP contribution is -2.35. The van der Waals surface area contributed by atoms with Gasteiger partial charge in [-0.25, -0.2) is 0 Å². The fraction of sp³-hybridized carbons (Fsp3) is 0.254. The summed E-state index contributed by atoms with van der Waals surface area (Å²) in [6.07, 6.45) is 8.11. The van der Waals surface area contributed by atoms with Gasteiger partial charge in [0.1, 0.15) is 0 Å². The van der Waals surface area contributed by atoms with Gasteiger partial charge in [-0.05, 0) is 138 Å². The minimum Gasteiger partial charge on any atom is -0.0873 e. The second kappa shape index (κ2) is 17.6. The lowest BCUT2D eigenvalue weighted by molar-refractivity contribution is 0.590. The molecule has 0 amide bonds. The molecule has 0 N–H and O–H groups in total. The van der Waals surface area contributed by atoms with Crippen molar-refractivity contribution in [1.82, 2.24) is 0 Å². The molecule has 1 atom stereocenters. The monoisotopic (exact) mass is 873 g/mol. The maximum absolute atomic E-state index is 2.51. The molecule has 0 saturated carbocycles. The summed E-state index contributed by atoms with van der Waals surface area (Å²) in [4.78, 5) is 0. The Labute approximate surface area is 402 Å². The van der Waals surface area contributed by atoms with E-state index in [0.717, 1.165) is 6.42 Å². The Morgan fingerprint density at radius 1 is 0.507 bits per heavy atom. The predicted octanol–water partition coefficient (Wildman–Crippen LogP) is 17.5. The Bertz CT molecular complexity index is 3010. The zero-order valence-electron chi connectivity index (χ0n) is 41.8. The van der Waals surface area contributed by atoms with Crippen LogP contribution in [-0.4, -0.2) is 0 Å². The van der Waals surface area contributed by atoms with E-state index in [-0.39, 0.29) is 10.8 Å². The molecule has 10 rings (SSSR count). The maximum Gasteiger partial charge on any atom is 0.0714 e. The summed E-state index contributed by atoms with van der Waals surface area (Å²) in [7, 11) is 0. The van der Waals surface area contributed by atoms with Gasteiger partial charge < -0.3 is 0 Å². The highest BCUT2D eigenvalue weighted by Gasteiger charge is 2.54. The molecule has 0 aromatic heterocycles. The van der Waals surface area contributed by atoms with E-state index in [1.807, 2.05) is 0 Å². The van der Waals surface area contributed by atoms with E-state index in [2.05, 4.69) is 270 Å². The Morgan fingerprint density at radius 2 is 0.985 bits per heavy atom. The van der Waals surface area contributed by atoms with Gasteiger partial charge in [0, 0.05) is 0 Å². The van der Waals surface area contributed by atoms with Crippen LogP contribution in [0.25, 0.3) is 21.9 Å². The summed E-state index contributed by atoms with van der Waals surface area (Å²) in [5.74, 6) is 0.381. The van der Waals surface area contributed by atoms with Crippen molar-refractivity contribution < 1.29 is 0 Å². The number of hydrogen-bond donors (Lipinski definition) is 0. The molecule has 0 aliphatic heterocycles. The molecule has 0 bridgehead atoms. The lowest BCUT2D eigenvalue weighted by Gasteiger charge is -2.43. The van der Waals surface area contributed by atoms with Crippen molar-refractivity contribution in [2.24, 2.45) is 5.92 Å². The van der Waals surface area contributed by atoms with E-state index >= 15 is 0 Å². The summed E-state index contributed by atoms with van der Waals surface area (Å²) < 4.78 is 0. The van der Waals surface area contributed by atoms with Crippen molar-refractivity contribution in [2.75, 3.05) is 0 Å². The first-order chi connectivity index (χ1) is 32.1. The quantitative estimate of drug-likeness (QED) is 0.133. The Balaban J connectivity index is 0.000000225. The molecule has 8 aromatic carbocycles. The minimum atomic E-state index is -0.491. The maximum atomic E-state index is 2.51. The molecule has 336 valence electrons. The third-order valence-corrected chi connectivity index (χ3v) is 14.5. The Hall–Kier alpha value is -6.50. The summed E-state index contributed by atoms with van der Waals surface area (Å²) in [6, 6.07) is 66.4. The van der Waals surface area contributed by atoms with Crippen LogP contribution >= 0.6 is 0 Å². The van der Waals surface area contributed by atoms with Gasteiger partial charge in [0.15, 0.2) is 0 Å². The second-order valence-electron chi connectivity index (χ2n) is 21.6. The smallest absolute Gasteiger partial charge is 0.0714 e. The second-order valence-corrected chi connectivity index (χ2v) is 21.6. The third kappa shape index (κ3) is 7.83. The van der Waals surface area contributed by atoms with Crippen LogP contribution < -0.4 is 0 Å². The topological polar surface area (TPSA) is 0 Å². The average molecular weight is 873 g/mol. The summed E-state index contributed by atoms with van der Waals surface area (Å²) in [6.45, 7) is 24.9. The van der Waals surface area contributed by atoms with Crippen LogP contribution in [0.2, 0.25) is 0 Å². The summed E-state index contributed by atoms with van der Waals surface area (Å²) in [5, 5.41) is 2.74. The Kier molecular flexibility index (Phi) is 12.0. The number of allylic oxidation sites excluding steroid dienone is 4. The third-order valence-electron chi connectivity index (χ3n) is 14.5. The standard InChI is InChI=1S/C46H40.C21H28/c1-6-17-36(26-30(2)3)46(35-22-14-9-15-23-35)38-25-16-24-37-32(5)29-41-44(42(37)38)43-39(27-31(4)28-40(43)46)45(41,33-18-10-7-11-19-33)34-20-12-8-13-21-34;1-20(2,3)18-11-7-16(8-12-18)15-17-9-13-19(14-10-17)21(4,5)6/h6-30H,1-5H3;7-14H,15H2,1-6H3/b17-6-,36-26+;. The highest BCUT2D eigenvalue weighted by Crippen LogP contribution is 2.66. The van der Waals surface area contributed by atoms with Gasteiger partial charge in [0.25, 0.3) is 0 Å². The number of benzene rings is 8. The van der Waals surface area contributed by atoms with E-state index in [0.29, 0.717) is 5.92 Å². The van der Waals surface area contributed by atoms with Crippen molar-refractivity contribution in [3.8, 4) is 11.1 Å². The van der Waals surface area contributed by atoms with Crippen LogP contribution in [0.15, 0.2) is 200 Å². The molecular formula is C67H68. The molecule has 0 heteroatoms. The average Bonchev–Trinajstić information content (AvgIpc) is 3.60. The van der Waals surface area contributed by atoms with Crippen molar-refractivity contribution in [1.29, 1.82) is 0 Å². The van der Waals surface area contributed by atoms with Gasteiger partial charge in [-0.15, -0.1) is 0 Å². The van der Waals surface area contributed by atoms with Crippen molar-refractivity contribution >= 4 is 10.8 Å². The first-order valence-corrected chi connectivity index (χ1v) is 24.5. The van der Waals surface area contributed by atoms with Gasteiger partial charge in [-0.2, -0.15) is 0 Å². The molecule has 2 aliphatic carbocycles. The fourth-order valence-corrected chi connectivity index (χ4v) is 11.4. The Morgan fingerprint density at radius 3 is 1.46 bits per heavy atom. The predicted molar refractivity (Wildman–Crippen MR) is 288 cm³/mol. The molecule has 8 aromatic rings. The molecule has 0 heterocycles. The molecule has 0 nitrogen and oxygen atoms in total. The highest BCUT2D eigenvalue weighted by molar-refractivity contribution is 6.12. The first kappa shape index (κ1) is 45.6. The van der Waals surface area contributed by atoms with Gasteiger partial charge in [0.05, 0.1) is 10.8 Å². The van der Waals surface area contributed by atoms with E-state index < -0.39 is 10.8 Å². The van der Waals surface area contributed by atoms with E-state index in [1.165, 1.54) is 99.8 Å². The first-order valence-electron chi connectivity index (χ1n) is 24.5. The van der Waals surface area contributed by atoms with Crippen molar-refractivity contribution in [2.45, 2.75) is 104 Å². The molecule has 0 spiro atoms. The van der Waals surface area contributed by atoms with Crippen LogP contribution in [0.3, 0.4) is 0 Å². The number of hydrogen-bond acceptors (Lipinski definition) is 0. The molecule has 1 unspecified atom stereocenters. The van der Waals surface area contributed by atoms with Gasteiger partial charge in [-0.1, -0.05) is 255 Å². The van der Waals surface area contributed by atoms with E-state index in [9.17, 15) is 0 Å². The largest absolute Gasteiger partial charge is 0.0873 e. The number of rotatable bonds is 8. The highest BCUT2D eigenvalue weighted by atomic mass is 14.6. The van der Waals surface area contributed by atoms with Crippen LogP contribution in [0.1, 0.15) is 135 Å². The van der Waals surface area contributed by atoms with Crippen molar-refractivity contribution in [3.05, 3.63) is 272 Å². The van der Waals surface area contributed by atoms with E-state index in [4.69, 9.17) is 0 Å². The fourth-order valence-electron chi connectivity index (χ4n) is 11.4.